The maximum atomic E-state index is 13.9. The van der Waals surface area contributed by atoms with Gasteiger partial charge in [-0.1, -0.05) is 96.5 Å². The number of benzene rings is 5. The molecule has 0 aliphatic carbocycles. The number of rotatable bonds is 7. The minimum Gasteiger partial charge on any atom is -1.00 e. The van der Waals surface area contributed by atoms with Crippen molar-refractivity contribution in [2.45, 2.75) is 0 Å². The van der Waals surface area contributed by atoms with Crippen LogP contribution in [0.4, 0.5) is 4.39 Å². The number of nitrogens with one attached hydrogen (secondary N) is 1. The Morgan fingerprint density at radius 2 is 0.949 bits per heavy atom. The van der Waals surface area contributed by atoms with Gasteiger partial charge in [-0.05, 0) is 66.2 Å². The molecule has 0 aromatic heterocycles. The Balaban J connectivity index is 0.00000353. The van der Waals surface area contributed by atoms with Gasteiger partial charge in [0.2, 0.25) is 0 Å². The van der Waals surface area contributed by atoms with Crippen molar-refractivity contribution in [2.24, 2.45) is 0 Å². The summed E-state index contributed by atoms with van der Waals surface area (Å²) in [6, 6.07) is 45.5. The third-order valence-electron chi connectivity index (χ3n) is 6.34. The molecular weight excluding hydrogens is 547 g/mol. The first kappa shape index (κ1) is 28.3. The fraction of sp³-hybridized carbons (Fsp3) is 0. The lowest BCUT2D eigenvalue weighted by atomic mass is 10.2. The predicted molar refractivity (Wildman–Crippen MR) is 158 cm³/mol. The first-order chi connectivity index (χ1) is 18.6. The normalized spacial score (nSPS) is 11.6. The van der Waals surface area contributed by atoms with Crippen LogP contribution in [-0.2, 0) is 0 Å². The fourth-order valence-corrected chi connectivity index (χ4v) is 9.35. The molecule has 0 unspecified atom stereocenters. The number of amides is 1. The summed E-state index contributed by atoms with van der Waals surface area (Å²) >= 11 is 7.26. The van der Waals surface area contributed by atoms with Gasteiger partial charge in [-0.3, -0.25) is 10.1 Å². The summed E-state index contributed by atoms with van der Waals surface area (Å²) < 4.78 is 13.9. The summed E-state index contributed by atoms with van der Waals surface area (Å²) in [6.45, 7) is 0. The molecule has 194 valence electrons. The molecule has 5 rings (SSSR count). The van der Waals surface area contributed by atoms with Gasteiger partial charge in [-0.15, -0.1) is 0 Å². The maximum Gasteiger partial charge on any atom is 0.258 e. The summed E-state index contributed by atoms with van der Waals surface area (Å²) in [5, 5.41) is 6.69. The van der Waals surface area contributed by atoms with Crippen LogP contribution in [-0.4, -0.2) is 5.91 Å². The minimum atomic E-state index is -2.75. The van der Waals surface area contributed by atoms with Crippen LogP contribution in [0, 0.1) is 5.82 Å². The second kappa shape index (κ2) is 12.9. The van der Waals surface area contributed by atoms with E-state index in [1.807, 2.05) is 72.8 Å². The molecular formula is C33H25Cl2FNOP. The van der Waals surface area contributed by atoms with Crippen molar-refractivity contribution in [2.75, 3.05) is 0 Å². The molecule has 5 aromatic rings. The summed E-state index contributed by atoms with van der Waals surface area (Å²) in [4.78, 5) is 13.7. The van der Waals surface area contributed by atoms with E-state index < -0.39 is 7.26 Å². The van der Waals surface area contributed by atoms with Gasteiger partial charge in [0, 0.05) is 5.56 Å². The van der Waals surface area contributed by atoms with Crippen LogP contribution in [0.2, 0.25) is 0 Å². The van der Waals surface area contributed by atoms with Crippen LogP contribution in [0.15, 0.2) is 151 Å². The van der Waals surface area contributed by atoms with E-state index in [0.29, 0.717) is 21.6 Å². The fourth-order valence-electron chi connectivity index (χ4n) is 4.58. The number of hydrogen-bond acceptors (Lipinski definition) is 1. The van der Waals surface area contributed by atoms with Gasteiger partial charge in [0.1, 0.15) is 26.8 Å². The second-order valence-corrected chi connectivity index (χ2v) is 12.4. The molecule has 1 N–H and O–H groups in total. The lowest BCUT2D eigenvalue weighted by Crippen LogP contribution is -3.00. The van der Waals surface area contributed by atoms with Crippen molar-refractivity contribution in [3.63, 3.8) is 0 Å². The van der Waals surface area contributed by atoms with Crippen molar-refractivity contribution in [1.82, 2.24) is 5.32 Å². The maximum absolute atomic E-state index is 13.9. The Morgan fingerprint density at radius 3 is 1.36 bits per heavy atom. The van der Waals surface area contributed by atoms with Crippen LogP contribution in [0.5, 0.6) is 0 Å². The Hall–Kier alpha value is -3.75. The van der Waals surface area contributed by atoms with Gasteiger partial charge in [-0.25, -0.2) is 4.39 Å². The zero-order valence-electron chi connectivity index (χ0n) is 20.8. The van der Waals surface area contributed by atoms with Crippen LogP contribution in [0.1, 0.15) is 15.9 Å². The molecule has 0 spiro atoms. The Kier molecular flexibility index (Phi) is 9.32. The average molecular weight is 572 g/mol. The minimum absolute atomic E-state index is 0. The molecule has 5 aromatic carbocycles. The van der Waals surface area contributed by atoms with Crippen molar-refractivity contribution < 1.29 is 21.6 Å². The second-order valence-electron chi connectivity index (χ2n) is 8.67. The summed E-state index contributed by atoms with van der Waals surface area (Å²) in [5.41, 5.74) is 1.72. The predicted octanol–water partition coefficient (Wildman–Crippen LogP) is 4.12. The molecule has 1 amide bonds. The third-order valence-corrected chi connectivity index (χ3v) is 11.1. The average Bonchev–Trinajstić information content (AvgIpc) is 2.99. The van der Waals surface area contributed by atoms with Gasteiger partial charge in [-0.2, -0.15) is 0 Å². The van der Waals surface area contributed by atoms with Crippen molar-refractivity contribution in [3.05, 3.63) is 168 Å². The van der Waals surface area contributed by atoms with Gasteiger partial charge >= 0.3 is 0 Å². The highest BCUT2D eigenvalue weighted by atomic mass is 35.5. The van der Waals surface area contributed by atoms with Crippen molar-refractivity contribution >= 4 is 45.7 Å². The van der Waals surface area contributed by atoms with Gasteiger partial charge in [0.25, 0.3) is 5.91 Å². The highest BCUT2D eigenvalue weighted by molar-refractivity contribution is 7.99. The molecule has 0 bridgehead atoms. The molecule has 0 heterocycles. The molecule has 0 saturated carbocycles. The number of halogens is 3. The molecule has 0 aliphatic heterocycles. The monoisotopic (exact) mass is 571 g/mol. The molecule has 2 nitrogen and oxygen atoms in total. The van der Waals surface area contributed by atoms with E-state index in [-0.39, 0.29) is 24.1 Å². The first-order valence-electron chi connectivity index (χ1n) is 12.2. The topological polar surface area (TPSA) is 29.1 Å². The van der Waals surface area contributed by atoms with Crippen LogP contribution >= 0.6 is 18.9 Å². The molecule has 6 heteroatoms. The smallest absolute Gasteiger partial charge is 0.258 e. The standard InChI is InChI=1S/C33H24ClFNOP.ClH/c34-31(25-21-23-27(35)24-22-25)33(36-32(37)26-13-5-1-6-14-26)38(28-15-7-2-8-16-28,29-17-9-3-10-18-29)30-19-11-4-12-20-30;/h1-24H;1H. The molecule has 39 heavy (non-hydrogen) atoms. The van der Waals surface area contributed by atoms with Crippen LogP contribution in [0.25, 0.3) is 5.03 Å². The van der Waals surface area contributed by atoms with E-state index in [4.69, 9.17) is 11.6 Å². The Labute approximate surface area is 239 Å². The summed E-state index contributed by atoms with van der Waals surface area (Å²) in [5.74, 6) is -0.628. The zero-order valence-corrected chi connectivity index (χ0v) is 23.3. The van der Waals surface area contributed by atoms with E-state index >= 15 is 0 Å². The van der Waals surface area contributed by atoms with E-state index in [1.165, 1.54) is 12.1 Å². The summed E-state index contributed by atoms with van der Waals surface area (Å²) in [7, 11) is -2.75. The molecule has 0 radical (unpaired) electrons. The lowest BCUT2D eigenvalue weighted by Gasteiger charge is -2.30. The third kappa shape index (κ3) is 5.82. The molecule has 0 atom stereocenters. The zero-order chi connectivity index (χ0) is 26.4. The van der Waals surface area contributed by atoms with E-state index in [9.17, 15) is 9.18 Å². The number of hydrogen-bond donors (Lipinski definition) is 1. The molecule has 0 fully saturated rings. The van der Waals surface area contributed by atoms with E-state index in [0.717, 1.165) is 15.9 Å². The van der Waals surface area contributed by atoms with Crippen molar-refractivity contribution in [3.8, 4) is 0 Å². The molecule has 0 aliphatic rings. The van der Waals surface area contributed by atoms with Crippen molar-refractivity contribution in [1.29, 1.82) is 0 Å². The largest absolute Gasteiger partial charge is 1.00 e. The summed E-state index contributed by atoms with van der Waals surface area (Å²) in [6.07, 6.45) is 0. The van der Waals surface area contributed by atoms with Crippen LogP contribution in [0.3, 0.4) is 0 Å². The number of carbonyl (C=O) groups is 1. The highest BCUT2D eigenvalue weighted by Gasteiger charge is 2.52. The van der Waals surface area contributed by atoms with E-state index in [1.54, 1.807) is 24.3 Å². The Morgan fingerprint density at radius 1 is 0.564 bits per heavy atom. The highest BCUT2D eigenvalue weighted by Crippen LogP contribution is 2.63. The van der Waals surface area contributed by atoms with Gasteiger partial charge in [0.15, 0.2) is 12.7 Å². The lowest BCUT2D eigenvalue weighted by molar-refractivity contribution is -0.0000160. The van der Waals surface area contributed by atoms with Gasteiger partial charge < -0.3 is 12.4 Å². The van der Waals surface area contributed by atoms with Gasteiger partial charge in [0.05, 0.1) is 0 Å². The quantitative estimate of drug-likeness (QED) is 0.293. The first-order valence-corrected chi connectivity index (χ1v) is 14.4. The molecule has 0 saturated heterocycles. The SMILES string of the molecule is O=C(NC(=C(Cl)c1ccc(F)cc1)[P+](c1ccccc1)(c1ccccc1)c1ccccc1)c1ccccc1.[Cl-]. The van der Waals surface area contributed by atoms with E-state index in [2.05, 4.69) is 41.7 Å². The number of carbonyl (C=O) groups excluding carboxylic acids is 1. The van der Waals surface area contributed by atoms with Crippen LogP contribution < -0.4 is 33.6 Å². The Bertz CT molecular complexity index is 1450.